The molecule has 1 aliphatic carbocycles. The quantitative estimate of drug-likeness (QED) is 0.0277. The van der Waals surface area contributed by atoms with Gasteiger partial charge in [0.25, 0.3) is 0 Å². The number of methoxy groups -OCH3 is 3. The van der Waals surface area contributed by atoms with Crippen molar-refractivity contribution in [2.45, 2.75) is 27.2 Å². The fourth-order valence-corrected chi connectivity index (χ4v) is 14.5. The lowest BCUT2D eigenvalue weighted by Crippen LogP contribution is -3.00. The Hall–Kier alpha value is -13.2. The Morgan fingerprint density at radius 2 is 1.14 bits per heavy atom. The first-order valence-corrected chi connectivity index (χ1v) is 37.7. The molecule has 0 radical (unpaired) electrons. The van der Waals surface area contributed by atoms with Crippen molar-refractivity contribution in [2.75, 3.05) is 43.8 Å². The summed E-state index contributed by atoms with van der Waals surface area (Å²) in [5, 5.41) is 39.3. The predicted octanol–water partition coefficient (Wildman–Crippen LogP) is 17.7. The maximum absolute atomic E-state index is 11.5. The highest BCUT2D eigenvalue weighted by Crippen LogP contribution is 2.40. The lowest BCUT2D eigenvalue weighted by molar-refractivity contribution is -0.642. The molecule has 4 N–H and O–H groups in total. The molecular formula is C91H77Cl4N15O5. The zero-order valence-electron chi connectivity index (χ0n) is 64.1. The Morgan fingerprint density at radius 3 is 1.82 bits per heavy atom. The summed E-state index contributed by atoms with van der Waals surface area (Å²) in [6.07, 6.45) is 8.33. The summed E-state index contributed by atoms with van der Waals surface area (Å²) in [6, 6.07) is 76.3. The summed E-state index contributed by atoms with van der Waals surface area (Å²) in [7, 11) is 10.8. The molecule has 7 heterocycles. The van der Waals surface area contributed by atoms with Crippen LogP contribution in [0.2, 0.25) is 15.3 Å². The van der Waals surface area contributed by atoms with Gasteiger partial charge in [-0.15, -0.1) is 5.10 Å². The summed E-state index contributed by atoms with van der Waals surface area (Å²) in [5.41, 5.74) is 18.0. The molecule has 0 amide bonds. The smallest absolute Gasteiger partial charge is 0.248 e. The Bertz CT molecular complexity index is 6740. The summed E-state index contributed by atoms with van der Waals surface area (Å²) in [4.78, 5) is 31.9. The molecule has 0 saturated carbocycles. The predicted molar refractivity (Wildman–Crippen MR) is 463 cm³/mol. The van der Waals surface area contributed by atoms with E-state index in [0.717, 1.165) is 146 Å². The topological polar surface area (TPSA) is 226 Å². The SMILES string of the molecule is COc1cc2ccc3c4cc(OC)c(OC)cc4c[n+](C)c3c2cc1C.Cc1cc(=O)[nH]c2cc3oc4ccccc4c3cc12.Cc1ccc(/C=N/N=C2c3ccccc3-c3ccccc32)cc1.Cn1ncc2c(NCCc3ccccc3)nc(Cl)nc21.Cn1ncc2c(Nc3cccc(Cl)c3)nc(Nc3cccc(Cl)c3)nc21.[Cl-]. The number of benzene rings is 11. The van der Waals surface area contributed by atoms with Crippen LogP contribution < -0.4 is 52.7 Å². The lowest BCUT2D eigenvalue weighted by Gasteiger charge is -2.12. The number of furan rings is 1. The molecule has 0 aliphatic heterocycles. The number of ether oxygens (including phenoxy) is 3. The van der Waals surface area contributed by atoms with E-state index in [-0.39, 0.29) is 23.2 Å². The number of para-hydroxylation sites is 1. The van der Waals surface area contributed by atoms with E-state index in [4.69, 9.17) is 53.4 Å². The largest absolute Gasteiger partial charge is 1.00 e. The molecule has 1 aliphatic rings. The van der Waals surface area contributed by atoms with Gasteiger partial charge in [-0.1, -0.05) is 168 Å². The van der Waals surface area contributed by atoms with Gasteiger partial charge in [0.1, 0.15) is 41.3 Å². The first-order valence-electron chi connectivity index (χ1n) is 36.6. The Morgan fingerprint density at radius 1 is 0.522 bits per heavy atom. The van der Waals surface area contributed by atoms with Gasteiger partial charge < -0.3 is 52.0 Å². The number of aromatic amines is 1. The van der Waals surface area contributed by atoms with E-state index in [1.165, 1.54) is 38.5 Å². The minimum absolute atomic E-state index is 0. The minimum Gasteiger partial charge on any atom is -1.00 e. The normalized spacial score (nSPS) is 11.3. The monoisotopic (exact) mass is 1600 g/mol. The number of anilines is 5. The van der Waals surface area contributed by atoms with Crippen LogP contribution in [-0.2, 0) is 27.6 Å². The molecule has 11 aromatic carbocycles. The van der Waals surface area contributed by atoms with Crippen LogP contribution in [0.4, 0.5) is 29.0 Å². The van der Waals surface area contributed by atoms with Crippen LogP contribution in [0.25, 0.3) is 98.5 Å². The summed E-state index contributed by atoms with van der Waals surface area (Å²) in [5.74, 6) is 4.18. The van der Waals surface area contributed by atoms with Crippen molar-refractivity contribution in [1.82, 2.24) is 44.5 Å². The maximum atomic E-state index is 11.5. The molecule has 24 heteroatoms. The molecule has 7 aromatic heterocycles. The van der Waals surface area contributed by atoms with Gasteiger partial charge in [0.05, 0.1) is 72.4 Å². The molecule has 0 fully saturated rings. The van der Waals surface area contributed by atoms with Crippen LogP contribution in [0, 0.1) is 20.8 Å². The van der Waals surface area contributed by atoms with Gasteiger partial charge in [0.2, 0.25) is 22.3 Å². The molecule has 0 saturated heterocycles. The van der Waals surface area contributed by atoms with Crippen LogP contribution in [0.15, 0.2) is 269 Å². The third kappa shape index (κ3) is 17.2. The number of nitrogens with zero attached hydrogens (tertiary/aromatic N) is 11. The number of aryl methyl sites for hydroxylation is 6. The van der Waals surface area contributed by atoms with Crippen molar-refractivity contribution in [1.29, 1.82) is 0 Å². The van der Waals surface area contributed by atoms with E-state index in [1.807, 2.05) is 136 Å². The third-order valence-corrected chi connectivity index (χ3v) is 20.2. The van der Waals surface area contributed by atoms with Gasteiger partial charge in [-0.2, -0.15) is 39.8 Å². The van der Waals surface area contributed by atoms with E-state index >= 15 is 0 Å². The molecule has 20 nitrogen and oxygen atoms in total. The number of aromatic nitrogens is 10. The van der Waals surface area contributed by atoms with Gasteiger partial charge in [0, 0.05) is 86.9 Å². The average Bonchev–Trinajstić information content (AvgIpc) is 1.68. The van der Waals surface area contributed by atoms with E-state index < -0.39 is 0 Å². The van der Waals surface area contributed by atoms with Gasteiger partial charge in [0.15, 0.2) is 29.0 Å². The minimum atomic E-state index is -0.0829. The highest BCUT2D eigenvalue weighted by atomic mass is 35.5. The number of pyridine rings is 2. The number of hydrogen-bond donors (Lipinski definition) is 4. The Labute approximate surface area is 683 Å². The summed E-state index contributed by atoms with van der Waals surface area (Å²) in [6.45, 7) is 6.88. The number of fused-ring (bicyclic) bond motifs is 14. The first kappa shape index (κ1) is 78.4. The molecule has 0 unspecified atom stereocenters. The molecule has 115 heavy (non-hydrogen) atoms. The van der Waals surface area contributed by atoms with Crippen LogP contribution in [0.1, 0.15) is 38.9 Å². The van der Waals surface area contributed by atoms with Crippen molar-refractivity contribution in [3.8, 4) is 28.4 Å². The number of H-pyrrole nitrogens is 1. The zero-order chi connectivity index (χ0) is 79.1. The van der Waals surface area contributed by atoms with Crippen molar-refractivity contribution >= 4 is 163 Å². The third-order valence-electron chi connectivity index (χ3n) is 19.6. The van der Waals surface area contributed by atoms with E-state index in [9.17, 15) is 4.79 Å². The number of nitrogens with one attached hydrogen (secondary N) is 4. The van der Waals surface area contributed by atoms with Crippen LogP contribution in [-0.4, -0.2) is 84.3 Å². The molecule has 0 bridgehead atoms. The lowest BCUT2D eigenvalue weighted by atomic mass is 9.99. The number of hydrogen-bond acceptors (Lipinski definition) is 16. The summed E-state index contributed by atoms with van der Waals surface area (Å²) >= 11 is 18.1. The highest BCUT2D eigenvalue weighted by Gasteiger charge is 2.25. The average molecular weight is 1600 g/mol. The van der Waals surface area contributed by atoms with Crippen molar-refractivity contribution in [3.05, 3.63) is 314 Å². The standard InChI is InChI=1S/C22H22NO3.C21H16N2.C18H14Cl2N6.C16H11NO2.C14H14ClN5.ClH/c1-13-8-18-14(9-19(13)24-3)6-7-16-17-11-21(26-5)20(25-4)10-15(17)12-23(2)22(16)18;1-15-10-12-16(13-11-15)14-22-23-21-19-8-4-2-6-17(19)18-7-3-5-9-20(18)21;1-26-17-15(10-21-26)16(22-13-6-2-4-11(19)8-13)24-18(25-17)23-14-7-3-5-12(20)9-14;1-9-6-16(18)17-13-8-15-12(7-11(9)13)10-4-2-3-5-14(10)19-15;1-20-13-11(9-17-20)12(18-14(15)19-13)16-8-7-10-5-3-2-4-6-10;/h6-12H,1-5H3;2-14H,1H3;2-10H,1H3,(H2,22,23,24,25);2-8H,1H3,(H,17,18);2-6,9H,7-8H2,1H3,(H,16,18,19);1H/q+1;;;;;/p-1/b;22-14+;;;;. The second-order valence-corrected chi connectivity index (χ2v) is 28.4. The van der Waals surface area contributed by atoms with Crippen molar-refractivity contribution in [2.24, 2.45) is 31.3 Å². The Kier molecular flexibility index (Phi) is 23.7. The molecule has 0 atom stereocenters. The van der Waals surface area contributed by atoms with E-state index in [0.29, 0.717) is 27.5 Å². The first-order chi connectivity index (χ1) is 55.4. The number of halogens is 4. The molecule has 18 aromatic rings. The second-order valence-electron chi connectivity index (χ2n) is 27.2. The zero-order valence-corrected chi connectivity index (χ0v) is 67.2. The maximum Gasteiger partial charge on any atom is 0.248 e. The fraction of sp³-hybridized carbons (Fsp3) is 0.121. The van der Waals surface area contributed by atoms with Gasteiger partial charge in [-0.3, -0.25) is 14.2 Å². The van der Waals surface area contributed by atoms with Crippen molar-refractivity contribution in [3.63, 3.8) is 0 Å². The summed E-state index contributed by atoms with van der Waals surface area (Å²) < 4.78 is 27.8. The molecule has 0 spiro atoms. The van der Waals surface area contributed by atoms with Gasteiger partial charge in [-0.05, 0) is 156 Å². The van der Waals surface area contributed by atoms with Gasteiger partial charge >= 0.3 is 0 Å². The highest BCUT2D eigenvalue weighted by molar-refractivity contribution is 6.31. The van der Waals surface area contributed by atoms with Crippen LogP contribution in [0.3, 0.4) is 0 Å². The second kappa shape index (κ2) is 34.8. The number of rotatable bonds is 13. The van der Waals surface area contributed by atoms with Gasteiger partial charge in [-0.25, -0.2) is 0 Å². The fourth-order valence-electron chi connectivity index (χ4n) is 14.0. The molecular weight excluding hydrogens is 1520 g/mol. The molecule has 19 rings (SSSR count). The van der Waals surface area contributed by atoms with Crippen LogP contribution in [0.5, 0.6) is 17.2 Å². The Balaban J connectivity index is 0.000000119. The van der Waals surface area contributed by atoms with Crippen LogP contribution >= 0.6 is 34.8 Å². The molecule has 574 valence electrons. The van der Waals surface area contributed by atoms with E-state index in [2.05, 4.69) is 202 Å². The van der Waals surface area contributed by atoms with E-state index in [1.54, 1.807) is 55.4 Å². The van der Waals surface area contributed by atoms with Crippen molar-refractivity contribution < 1.29 is 35.6 Å².